The van der Waals surface area contributed by atoms with E-state index in [1.54, 1.807) is 7.05 Å². The van der Waals surface area contributed by atoms with E-state index in [0.717, 1.165) is 31.0 Å². The number of likely N-dealkylation sites (N-methyl/N-ethyl adjacent to an activating group) is 1. The van der Waals surface area contributed by atoms with Gasteiger partial charge in [-0.2, -0.15) is 0 Å². The molecule has 0 radical (unpaired) electrons. The third-order valence-electron chi connectivity index (χ3n) is 5.88. The summed E-state index contributed by atoms with van der Waals surface area (Å²) in [7, 11) is 3.81. The summed E-state index contributed by atoms with van der Waals surface area (Å²) >= 11 is 0. The van der Waals surface area contributed by atoms with Gasteiger partial charge in [0.25, 0.3) is 5.91 Å². The van der Waals surface area contributed by atoms with Crippen molar-refractivity contribution in [3.05, 3.63) is 17.2 Å². The van der Waals surface area contributed by atoms with Crippen LogP contribution in [-0.4, -0.2) is 59.4 Å². The largest absolute Gasteiger partial charge is 0.340 e. The van der Waals surface area contributed by atoms with Crippen LogP contribution in [0, 0.1) is 11.3 Å². The molecule has 2 heterocycles. The molecule has 0 bridgehead atoms. The van der Waals surface area contributed by atoms with Crippen molar-refractivity contribution in [3.63, 3.8) is 0 Å². The maximum absolute atomic E-state index is 13.3. The molecule has 1 aliphatic heterocycles. The molecule has 1 aliphatic rings. The first kappa shape index (κ1) is 23.5. The quantitative estimate of drug-likeness (QED) is 0.728. The Labute approximate surface area is 175 Å². The van der Waals surface area contributed by atoms with E-state index in [-0.39, 0.29) is 29.6 Å². The maximum atomic E-state index is 13.3. The Morgan fingerprint density at radius 2 is 1.83 bits per heavy atom. The summed E-state index contributed by atoms with van der Waals surface area (Å²) in [5.41, 5.74) is 1.04. The molecule has 2 rings (SSSR count). The van der Waals surface area contributed by atoms with Crippen LogP contribution in [0.5, 0.6) is 0 Å². The van der Waals surface area contributed by atoms with Crippen LogP contribution in [0.15, 0.2) is 0 Å². The molecule has 2 atom stereocenters. The molecule has 2 N–H and O–H groups in total. The Balaban J connectivity index is 2.44. The lowest BCUT2D eigenvalue weighted by molar-refractivity contribution is -0.122. The third-order valence-corrected chi connectivity index (χ3v) is 5.88. The molecule has 7 heteroatoms. The van der Waals surface area contributed by atoms with Crippen LogP contribution in [0.3, 0.4) is 0 Å². The molecular weight excluding hydrogens is 366 g/mol. The number of hydrogen-bond acceptors (Lipinski definition) is 5. The first-order valence-electron chi connectivity index (χ1n) is 10.7. The first-order chi connectivity index (χ1) is 13.5. The van der Waals surface area contributed by atoms with Crippen LogP contribution >= 0.6 is 0 Å². The monoisotopic (exact) mass is 405 g/mol. The molecule has 0 saturated carbocycles. The van der Waals surface area contributed by atoms with Gasteiger partial charge in [0, 0.05) is 19.0 Å². The van der Waals surface area contributed by atoms with Gasteiger partial charge in [0.2, 0.25) is 0 Å². The maximum Gasteiger partial charge on any atom is 0.272 e. The van der Waals surface area contributed by atoms with E-state index in [4.69, 9.17) is 4.98 Å². The number of nitrogens with zero attached hydrogens (tertiary/aromatic N) is 3. The molecule has 1 amide bonds. The summed E-state index contributed by atoms with van der Waals surface area (Å²) < 4.78 is 2.24. The van der Waals surface area contributed by atoms with Crippen LogP contribution in [0.25, 0.3) is 0 Å². The van der Waals surface area contributed by atoms with Crippen molar-refractivity contribution in [1.82, 2.24) is 25.1 Å². The van der Waals surface area contributed by atoms with Crippen molar-refractivity contribution in [2.24, 2.45) is 11.3 Å². The van der Waals surface area contributed by atoms with Crippen molar-refractivity contribution in [3.8, 4) is 0 Å². The zero-order valence-corrected chi connectivity index (χ0v) is 19.4. The topological polar surface area (TPSA) is 79.3 Å². The minimum absolute atomic E-state index is 0.0217. The van der Waals surface area contributed by atoms with Crippen molar-refractivity contribution >= 4 is 11.7 Å². The van der Waals surface area contributed by atoms with E-state index >= 15 is 0 Å². The molecule has 29 heavy (non-hydrogen) atoms. The molecule has 0 fully saturated rings. The second kappa shape index (κ2) is 9.39. The number of hydrogen-bond donors (Lipinski definition) is 2. The lowest BCUT2D eigenvalue weighted by Gasteiger charge is -2.30. The van der Waals surface area contributed by atoms with E-state index in [1.807, 2.05) is 20.8 Å². The van der Waals surface area contributed by atoms with Crippen molar-refractivity contribution in [1.29, 1.82) is 0 Å². The number of ketones is 1. The average Bonchev–Trinajstić information content (AvgIpc) is 2.84. The third kappa shape index (κ3) is 5.45. The van der Waals surface area contributed by atoms with E-state index in [9.17, 15) is 9.59 Å². The van der Waals surface area contributed by atoms with E-state index in [1.165, 1.54) is 0 Å². The molecule has 1 unspecified atom stereocenters. The highest BCUT2D eigenvalue weighted by atomic mass is 16.2. The highest BCUT2D eigenvalue weighted by molar-refractivity contribution is 5.98. The number of aromatic nitrogens is 2. The number of amides is 1. The van der Waals surface area contributed by atoms with Gasteiger partial charge in [-0.3, -0.25) is 9.59 Å². The second-order valence-electron chi connectivity index (χ2n) is 9.81. The van der Waals surface area contributed by atoms with Crippen molar-refractivity contribution in [2.75, 3.05) is 27.2 Å². The average molecular weight is 406 g/mol. The fourth-order valence-electron chi connectivity index (χ4n) is 3.83. The summed E-state index contributed by atoms with van der Waals surface area (Å²) in [6.45, 7) is 15.2. The smallest absolute Gasteiger partial charge is 0.272 e. The number of Topliss-reactive ketones (excluding diaryl/α,β-unsaturated/α-hetero) is 1. The highest BCUT2D eigenvalue weighted by Crippen LogP contribution is 2.28. The Morgan fingerprint density at radius 1 is 1.17 bits per heavy atom. The SMILES string of the molecule is CNCC(=O)[C@@H](NC(=O)c1nc(C(C)C(C)C)n2c1CN(C)CCC2)C(C)(C)C. The number of rotatable bonds is 7. The zero-order chi connectivity index (χ0) is 21.9. The lowest BCUT2D eigenvalue weighted by atomic mass is 9.84. The van der Waals surface area contributed by atoms with Crippen LogP contribution < -0.4 is 10.6 Å². The van der Waals surface area contributed by atoms with Crippen LogP contribution in [0.2, 0.25) is 0 Å². The number of fused-ring (bicyclic) bond motifs is 1. The predicted octanol–water partition coefficient (Wildman–Crippen LogP) is 2.41. The Kier molecular flexibility index (Phi) is 7.62. The molecule has 164 valence electrons. The van der Waals surface area contributed by atoms with Gasteiger partial charge < -0.3 is 20.1 Å². The van der Waals surface area contributed by atoms with Gasteiger partial charge in [0.05, 0.1) is 18.3 Å². The van der Waals surface area contributed by atoms with E-state index in [0.29, 0.717) is 18.2 Å². The van der Waals surface area contributed by atoms with E-state index in [2.05, 4.69) is 47.9 Å². The first-order valence-corrected chi connectivity index (χ1v) is 10.7. The van der Waals surface area contributed by atoms with E-state index < -0.39 is 6.04 Å². The molecule has 0 aliphatic carbocycles. The minimum Gasteiger partial charge on any atom is -0.340 e. The van der Waals surface area contributed by atoms with Crippen LogP contribution in [0.4, 0.5) is 0 Å². The summed E-state index contributed by atoms with van der Waals surface area (Å²) in [6, 6.07) is -0.575. The molecule has 0 saturated heterocycles. The van der Waals surface area contributed by atoms with Gasteiger partial charge in [-0.15, -0.1) is 0 Å². The molecular formula is C22H39N5O2. The minimum atomic E-state index is -0.575. The molecule has 0 spiro atoms. The van der Waals surface area contributed by atoms with Crippen molar-refractivity contribution in [2.45, 2.75) is 73.0 Å². The Morgan fingerprint density at radius 3 is 2.38 bits per heavy atom. The predicted molar refractivity (Wildman–Crippen MR) is 116 cm³/mol. The van der Waals surface area contributed by atoms with Gasteiger partial charge in [0.1, 0.15) is 5.82 Å². The van der Waals surface area contributed by atoms with Gasteiger partial charge in [-0.1, -0.05) is 41.5 Å². The zero-order valence-electron chi connectivity index (χ0n) is 19.4. The lowest BCUT2D eigenvalue weighted by Crippen LogP contribution is -2.51. The number of nitrogens with one attached hydrogen (secondary N) is 2. The molecule has 0 aromatic carbocycles. The molecule has 1 aromatic rings. The number of imidazole rings is 1. The molecule has 7 nitrogen and oxygen atoms in total. The van der Waals surface area contributed by atoms with Gasteiger partial charge in [-0.25, -0.2) is 4.98 Å². The summed E-state index contributed by atoms with van der Waals surface area (Å²) in [5.74, 6) is 1.38. The summed E-state index contributed by atoms with van der Waals surface area (Å²) in [5, 5.41) is 5.90. The Bertz CT molecular complexity index is 732. The standard InChI is InChI=1S/C22H39N5O2/c1-14(2)15(3)20-24-18(16-13-26(8)10-9-11-27(16)20)21(29)25-19(22(4,5)6)17(28)12-23-7/h14-15,19,23H,9-13H2,1-8H3,(H,25,29)/t15?,19-/m1/s1. The summed E-state index contributed by atoms with van der Waals surface area (Å²) in [6.07, 6.45) is 1.03. The van der Waals surface area contributed by atoms with Crippen LogP contribution in [-0.2, 0) is 17.9 Å². The number of carbonyl (C=O) groups is 2. The Hall–Kier alpha value is -1.73. The normalized spacial score (nSPS) is 17.6. The van der Waals surface area contributed by atoms with Gasteiger partial charge in [0.15, 0.2) is 11.5 Å². The van der Waals surface area contributed by atoms with Gasteiger partial charge >= 0.3 is 0 Å². The fourth-order valence-corrected chi connectivity index (χ4v) is 3.83. The van der Waals surface area contributed by atoms with Gasteiger partial charge in [-0.05, 0) is 38.4 Å². The molecule has 1 aromatic heterocycles. The van der Waals surface area contributed by atoms with Crippen molar-refractivity contribution < 1.29 is 9.59 Å². The second-order valence-corrected chi connectivity index (χ2v) is 9.81. The number of carbonyl (C=O) groups excluding carboxylic acids is 2. The summed E-state index contributed by atoms with van der Waals surface area (Å²) in [4.78, 5) is 33.0. The fraction of sp³-hybridized carbons (Fsp3) is 0.773. The highest BCUT2D eigenvalue weighted by Gasteiger charge is 2.35. The van der Waals surface area contributed by atoms with Crippen LogP contribution in [0.1, 0.15) is 75.9 Å².